The highest BCUT2D eigenvalue weighted by Gasteiger charge is 2.15. The van der Waals surface area contributed by atoms with E-state index in [0.717, 1.165) is 27.7 Å². The van der Waals surface area contributed by atoms with Crippen LogP contribution in [-0.4, -0.2) is 19.6 Å². The number of benzene rings is 2. The van der Waals surface area contributed by atoms with Crippen LogP contribution in [0.2, 0.25) is 0 Å². The van der Waals surface area contributed by atoms with Crippen LogP contribution in [0, 0.1) is 18.6 Å². The minimum absolute atomic E-state index is 0.0409. The first-order chi connectivity index (χ1) is 12.5. The van der Waals surface area contributed by atoms with Gasteiger partial charge in [0.1, 0.15) is 17.3 Å². The molecule has 0 radical (unpaired) electrons. The third-order valence-corrected chi connectivity index (χ3v) is 3.95. The third-order valence-electron chi connectivity index (χ3n) is 3.95. The smallest absolute Gasteiger partial charge is 0.320 e. The van der Waals surface area contributed by atoms with Gasteiger partial charge in [-0.3, -0.25) is 0 Å². The summed E-state index contributed by atoms with van der Waals surface area (Å²) in [5.74, 6) is -1.63. The summed E-state index contributed by atoms with van der Waals surface area (Å²) in [7, 11) is 0. The number of fused-ring (bicyclic) bond motifs is 1. The van der Waals surface area contributed by atoms with Crippen LogP contribution in [0.25, 0.3) is 16.9 Å². The van der Waals surface area contributed by atoms with Gasteiger partial charge in [0.05, 0.1) is 5.69 Å². The number of aromatic nitrogens is 4. The van der Waals surface area contributed by atoms with Crippen LogP contribution in [0.4, 0.5) is 20.4 Å². The molecule has 0 spiro atoms. The Kier molecular flexibility index (Phi) is 3.72. The Morgan fingerprint density at radius 2 is 1.77 bits per heavy atom. The van der Waals surface area contributed by atoms with E-state index < -0.39 is 23.0 Å². The van der Waals surface area contributed by atoms with E-state index in [1.54, 1.807) is 6.07 Å². The van der Waals surface area contributed by atoms with Crippen molar-refractivity contribution >= 4 is 17.3 Å². The largest absolute Gasteiger partial charge is 0.350 e. The zero-order valence-electron chi connectivity index (χ0n) is 13.6. The molecule has 8 heteroatoms. The summed E-state index contributed by atoms with van der Waals surface area (Å²) in [6.07, 6.45) is 0. The van der Waals surface area contributed by atoms with Gasteiger partial charge in [-0.25, -0.2) is 28.1 Å². The number of aromatic amines is 1. The first kappa shape index (κ1) is 15.9. The zero-order chi connectivity index (χ0) is 18.3. The van der Waals surface area contributed by atoms with E-state index >= 15 is 0 Å². The van der Waals surface area contributed by atoms with Crippen LogP contribution in [-0.2, 0) is 0 Å². The van der Waals surface area contributed by atoms with Crippen molar-refractivity contribution in [3.63, 3.8) is 0 Å². The van der Waals surface area contributed by atoms with E-state index in [4.69, 9.17) is 0 Å². The molecule has 2 aromatic carbocycles. The molecule has 0 saturated carbocycles. The van der Waals surface area contributed by atoms with Gasteiger partial charge in [-0.05, 0) is 19.1 Å². The van der Waals surface area contributed by atoms with Gasteiger partial charge in [0.25, 0.3) is 0 Å². The first-order valence-corrected chi connectivity index (χ1v) is 7.79. The van der Waals surface area contributed by atoms with E-state index in [0.29, 0.717) is 5.69 Å². The summed E-state index contributed by atoms with van der Waals surface area (Å²) in [5.41, 5.74) is 1.69. The molecule has 0 bridgehead atoms. The molecule has 0 amide bonds. The Hall–Kier alpha value is -3.55. The van der Waals surface area contributed by atoms with E-state index in [9.17, 15) is 13.6 Å². The van der Waals surface area contributed by atoms with Gasteiger partial charge in [0.2, 0.25) is 5.95 Å². The Morgan fingerprint density at radius 3 is 2.46 bits per heavy atom. The van der Waals surface area contributed by atoms with Gasteiger partial charge in [0, 0.05) is 11.6 Å². The lowest BCUT2D eigenvalue weighted by molar-refractivity contribution is 0.590. The van der Waals surface area contributed by atoms with Crippen LogP contribution in [0.3, 0.4) is 0 Å². The summed E-state index contributed by atoms with van der Waals surface area (Å²) in [6.45, 7) is 1.96. The maximum absolute atomic E-state index is 14.0. The molecule has 130 valence electrons. The third kappa shape index (κ3) is 2.71. The first-order valence-electron chi connectivity index (χ1n) is 7.79. The summed E-state index contributed by atoms with van der Waals surface area (Å²) in [4.78, 5) is 16.4. The van der Waals surface area contributed by atoms with Crippen LogP contribution < -0.4 is 11.0 Å². The monoisotopic (exact) mass is 353 g/mol. The van der Waals surface area contributed by atoms with Gasteiger partial charge >= 0.3 is 5.69 Å². The number of nitrogens with one attached hydrogen (secondary N) is 2. The van der Waals surface area contributed by atoms with Gasteiger partial charge in [0.15, 0.2) is 5.65 Å². The molecule has 0 saturated heterocycles. The number of nitrogens with zero attached hydrogens (tertiary/aromatic N) is 3. The fourth-order valence-corrected chi connectivity index (χ4v) is 2.61. The molecule has 0 unspecified atom stereocenters. The van der Waals surface area contributed by atoms with Crippen molar-refractivity contribution in [1.29, 1.82) is 0 Å². The molecule has 2 aromatic heterocycles. The van der Waals surface area contributed by atoms with Gasteiger partial charge in [-0.1, -0.05) is 35.9 Å². The van der Waals surface area contributed by atoms with Gasteiger partial charge in [-0.15, -0.1) is 0 Å². The molecular formula is C18H13F2N5O. The van der Waals surface area contributed by atoms with Gasteiger partial charge < -0.3 is 5.32 Å². The zero-order valence-corrected chi connectivity index (χ0v) is 13.6. The number of aryl methyl sites for hydroxylation is 1. The minimum atomic E-state index is -0.794. The maximum atomic E-state index is 14.0. The predicted molar refractivity (Wildman–Crippen MR) is 93.4 cm³/mol. The average Bonchev–Trinajstić information content (AvgIpc) is 3.00. The number of anilines is 2. The van der Waals surface area contributed by atoms with Crippen molar-refractivity contribution < 1.29 is 8.78 Å². The Morgan fingerprint density at radius 1 is 1.08 bits per heavy atom. The second-order valence-corrected chi connectivity index (χ2v) is 5.78. The lowest BCUT2D eigenvalue weighted by Crippen LogP contribution is -2.15. The number of H-pyrrole nitrogens is 1. The summed E-state index contributed by atoms with van der Waals surface area (Å²) in [6, 6.07) is 12.7. The molecule has 0 atom stereocenters. The summed E-state index contributed by atoms with van der Waals surface area (Å²) < 4.78 is 29.1. The van der Waals surface area contributed by atoms with Crippen LogP contribution >= 0.6 is 0 Å². The highest BCUT2D eigenvalue weighted by Crippen LogP contribution is 2.25. The normalized spacial score (nSPS) is 11.0. The number of rotatable bonds is 3. The van der Waals surface area contributed by atoms with E-state index in [2.05, 4.69) is 20.5 Å². The molecule has 0 aliphatic carbocycles. The number of halogens is 2. The topological polar surface area (TPSA) is 75.1 Å². The number of hydrogen-bond donors (Lipinski definition) is 2. The van der Waals surface area contributed by atoms with Crippen molar-refractivity contribution in [2.24, 2.45) is 0 Å². The highest BCUT2D eigenvalue weighted by molar-refractivity contribution is 5.68. The molecule has 2 heterocycles. The predicted octanol–water partition coefficient (Wildman–Crippen LogP) is 3.41. The lowest BCUT2D eigenvalue weighted by atomic mass is 10.1. The van der Waals surface area contributed by atoms with Crippen molar-refractivity contribution in [3.8, 4) is 11.3 Å². The van der Waals surface area contributed by atoms with Crippen molar-refractivity contribution in [2.45, 2.75) is 6.92 Å². The maximum Gasteiger partial charge on any atom is 0.350 e. The molecular weight excluding hydrogens is 340 g/mol. The number of hydrogen-bond acceptors (Lipinski definition) is 4. The lowest BCUT2D eigenvalue weighted by Gasteiger charge is -2.11. The second kappa shape index (κ2) is 6.07. The summed E-state index contributed by atoms with van der Waals surface area (Å²) in [5, 5.41) is 8.81. The molecule has 6 nitrogen and oxygen atoms in total. The molecule has 2 N–H and O–H groups in total. The Balaban J connectivity index is 1.91. The highest BCUT2D eigenvalue weighted by atomic mass is 19.1. The number of para-hydroxylation sites is 1. The molecule has 4 aromatic rings. The molecule has 0 fully saturated rings. The van der Waals surface area contributed by atoms with Crippen molar-refractivity contribution in [2.75, 3.05) is 5.32 Å². The van der Waals surface area contributed by atoms with Crippen molar-refractivity contribution in [1.82, 2.24) is 19.6 Å². The van der Waals surface area contributed by atoms with Crippen molar-refractivity contribution in [3.05, 3.63) is 76.2 Å². The van der Waals surface area contributed by atoms with Gasteiger partial charge in [-0.2, -0.15) is 5.10 Å². The van der Waals surface area contributed by atoms with Crippen LogP contribution in [0.15, 0.2) is 53.3 Å². The van der Waals surface area contributed by atoms with E-state index in [1.165, 1.54) is 6.07 Å². The summed E-state index contributed by atoms with van der Waals surface area (Å²) >= 11 is 0. The molecule has 26 heavy (non-hydrogen) atoms. The SMILES string of the molecule is Cc1ccc(-c2cc3n[nH]c(=O)n3c(Nc3c(F)cccc3F)n2)cc1. The Bertz CT molecular complexity index is 1140. The second-order valence-electron chi connectivity index (χ2n) is 5.78. The Labute approximate surface area is 146 Å². The standard InChI is InChI=1S/C18H13F2N5O/c1-10-5-7-11(8-6-10)14-9-15-23-24-18(26)25(15)17(21-14)22-16-12(19)3-2-4-13(16)20/h2-9H,1H3,(H,21,22)(H,24,26). The van der Waals surface area contributed by atoms with E-state index in [1.807, 2.05) is 31.2 Å². The fraction of sp³-hybridized carbons (Fsp3) is 0.0556. The minimum Gasteiger partial charge on any atom is -0.320 e. The quantitative estimate of drug-likeness (QED) is 0.592. The van der Waals surface area contributed by atoms with Crippen LogP contribution in [0.5, 0.6) is 0 Å². The molecule has 0 aliphatic heterocycles. The molecule has 0 aliphatic rings. The molecule has 4 rings (SSSR count). The fourth-order valence-electron chi connectivity index (χ4n) is 2.61. The van der Waals surface area contributed by atoms with E-state index in [-0.39, 0.29) is 11.6 Å². The average molecular weight is 353 g/mol. The van der Waals surface area contributed by atoms with Crippen LogP contribution in [0.1, 0.15) is 5.56 Å².